The van der Waals surface area contributed by atoms with Gasteiger partial charge in [-0.2, -0.15) is 0 Å². The molecule has 1 atom stereocenters. The second-order valence-corrected chi connectivity index (χ2v) is 4.74. The van der Waals surface area contributed by atoms with E-state index in [9.17, 15) is 10.1 Å². The van der Waals surface area contributed by atoms with Crippen LogP contribution in [-0.2, 0) is 6.42 Å². The number of benzene rings is 1. The van der Waals surface area contributed by atoms with Crippen molar-refractivity contribution in [1.82, 2.24) is 10.3 Å². The molecule has 2 N–H and O–H groups in total. The van der Waals surface area contributed by atoms with Crippen LogP contribution in [0.2, 0.25) is 0 Å². The normalized spacial score (nSPS) is 18.3. The number of nitro groups is 1. The molecule has 1 aliphatic heterocycles. The van der Waals surface area contributed by atoms with Gasteiger partial charge in [0, 0.05) is 17.1 Å². The Bertz CT molecular complexity index is 663. The highest BCUT2D eigenvalue weighted by atomic mass is 16.6. The lowest BCUT2D eigenvalue weighted by Crippen LogP contribution is -2.27. The van der Waals surface area contributed by atoms with Gasteiger partial charge in [-0.05, 0) is 37.6 Å². The maximum atomic E-state index is 11.3. The van der Waals surface area contributed by atoms with Gasteiger partial charge in [0.1, 0.15) is 5.52 Å². The number of aromatic amines is 1. The number of aromatic nitrogens is 1. The molecule has 6 heteroatoms. The van der Waals surface area contributed by atoms with Crippen molar-refractivity contribution in [3.8, 4) is 5.75 Å². The molecule has 0 fully saturated rings. The van der Waals surface area contributed by atoms with Crippen LogP contribution in [0.5, 0.6) is 5.75 Å². The monoisotopic (exact) mass is 261 g/mol. The smallest absolute Gasteiger partial charge is 0.334 e. The van der Waals surface area contributed by atoms with Crippen molar-refractivity contribution < 1.29 is 9.66 Å². The number of H-pyrrole nitrogens is 1. The van der Waals surface area contributed by atoms with Crippen LogP contribution < -0.4 is 10.1 Å². The number of nitrogens with one attached hydrogen (secondary N) is 2. The van der Waals surface area contributed by atoms with Crippen LogP contribution >= 0.6 is 0 Å². The maximum Gasteiger partial charge on any atom is 0.334 e. The fourth-order valence-corrected chi connectivity index (χ4v) is 2.81. The Morgan fingerprint density at radius 1 is 1.47 bits per heavy atom. The first-order valence-corrected chi connectivity index (χ1v) is 6.22. The number of methoxy groups -OCH3 is 1. The van der Waals surface area contributed by atoms with Gasteiger partial charge in [0.15, 0.2) is 5.75 Å². The molecule has 0 spiro atoms. The van der Waals surface area contributed by atoms with E-state index in [1.807, 2.05) is 6.07 Å². The van der Waals surface area contributed by atoms with Crippen LogP contribution in [0.3, 0.4) is 0 Å². The minimum atomic E-state index is -0.388. The summed E-state index contributed by atoms with van der Waals surface area (Å²) in [6.45, 7) is 2.94. The zero-order chi connectivity index (χ0) is 13.6. The molecule has 1 aromatic carbocycles. The fraction of sp³-hybridized carbons (Fsp3) is 0.385. The maximum absolute atomic E-state index is 11.3. The summed E-state index contributed by atoms with van der Waals surface area (Å²) in [6.07, 6.45) is 0.878. The fourth-order valence-electron chi connectivity index (χ4n) is 2.81. The average molecular weight is 261 g/mol. The van der Waals surface area contributed by atoms with Crippen LogP contribution in [0, 0.1) is 10.1 Å². The Labute approximate surface area is 109 Å². The number of fused-ring (bicyclic) bond motifs is 3. The number of hydrogen-bond acceptors (Lipinski definition) is 4. The Morgan fingerprint density at radius 2 is 2.26 bits per heavy atom. The lowest BCUT2D eigenvalue weighted by molar-refractivity contribution is -0.384. The predicted octanol–water partition coefficient (Wildman–Crippen LogP) is 2.29. The summed E-state index contributed by atoms with van der Waals surface area (Å²) in [4.78, 5) is 14.1. The largest absolute Gasteiger partial charge is 0.490 e. The minimum absolute atomic E-state index is 0.0154. The van der Waals surface area contributed by atoms with Crippen molar-refractivity contribution in [2.45, 2.75) is 19.4 Å². The van der Waals surface area contributed by atoms with Gasteiger partial charge in [0.2, 0.25) is 0 Å². The van der Waals surface area contributed by atoms with Crippen LogP contribution in [0.25, 0.3) is 10.9 Å². The van der Waals surface area contributed by atoms with Gasteiger partial charge in [-0.1, -0.05) is 0 Å². The summed E-state index contributed by atoms with van der Waals surface area (Å²) in [5, 5.41) is 15.5. The predicted molar refractivity (Wildman–Crippen MR) is 71.6 cm³/mol. The molecule has 100 valence electrons. The number of nitro benzene ring substituents is 1. The third kappa shape index (κ3) is 1.67. The van der Waals surface area contributed by atoms with Crippen molar-refractivity contribution in [2.24, 2.45) is 0 Å². The highest BCUT2D eigenvalue weighted by Gasteiger charge is 2.27. The summed E-state index contributed by atoms with van der Waals surface area (Å²) < 4.78 is 5.10. The molecule has 2 aromatic rings. The molecule has 0 amide bonds. The van der Waals surface area contributed by atoms with E-state index in [0.29, 0.717) is 5.52 Å². The highest BCUT2D eigenvalue weighted by molar-refractivity contribution is 5.94. The van der Waals surface area contributed by atoms with Crippen molar-refractivity contribution >= 4 is 16.6 Å². The van der Waals surface area contributed by atoms with Gasteiger partial charge >= 0.3 is 5.69 Å². The molecule has 1 unspecified atom stereocenters. The van der Waals surface area contributed by atoms with E-state index < -0.39 is 0 Å². The summed E-state index contributed by atoms with van der Waals surface area (Å²) in [6, 6.07) is 3.75. The highest BCUT2D eigenvalue weighted by Crippen LogP contribution is 2.39. The zero-order valence-corrected chi connectivity index (χ0v) is 10.8. The summed E-state index contributed by atoms with van der Waals surface area (Å²) in [7, 11) is 1.45. The molecule has 6 nitrogen and oxygen atoms in total. The van der Waals surface area contributed by atoms with Crippen molar-refractivity contribution in [3.63, 3.8) is 0 Å². The second-order valence-electron chi connectivity index (χ2n) is 4.74. The first-order chi connectivity index (χ1) is 9.13. The Hall–Kier alpha value is -2.08. The Morgan fingerprint density at radius 3 is 2.95 bits per heavy atom. The van der Waals surface area contributed by atoms with Gasteiger partial charge in [0.25, 0.3) is 0 Å². The summed E-state index contributed by atoms with van der Waals surface area (Å²) in [5.74, 6) is 0.289. The van der Waals surface area contributed by atoms with E-state index in [0.717, 1.165) is 24.0 Å². The van der Waals surface area contributed by atoms with Crippen molar-refractivity contribution in [2.75, 3.05) is 13.7 Å². The molecule has 1 aromatic heterocycles. The SMILES string of the molecule is COc1ccc2c3c([nH]c2c1[N+](=O)[O-])C(C)NCC3. The second kappa shape index (κ2) is 4.24. The molecule has 19 heavy (non-hydrogen) atoms. The quantitative estimate of drug-likeness (QED) is 0.642. The van der Waals surface area contributed by atoms with Crippen LogP contribution in [0.15, 0.2) is 12.1 Å². The number of ether oxygens (including phenoxy) is 1. The van der Waals surface area contributed by atoms with Gasteiger partial charge < -0.3 is 15.0 Å². The molecule has 0 radical (unpaired) electrons. The van der Waals surface area contributed by atoms with Crippen LogP contribution in [-0.4, -0.2) is 23.6 Å². The third-order valence-electron chi connectivity index (χ3n) is 3.71. The van der Waals surface area contributed by atoms with E-state index in [2.05, 4.69) is 17.2 Å². The summed E-state index contributed by atoms with van der Waals surface area (Å²) in [5.41, 5.74) is 2.79. The third-order valence-corrected chi connectivity index (χ3v) is 3.71. The number of nitrogens with zero attached hydrogens (tertiary/aromatic N) is 1. The first-order valence-electron chi connectivity index (χ1n) is 6.22. The zero-order valence-electron chi connectivity index (χ0n) is 10.8. The topological polar surface area (TPSA) is 80.2 Å². The molecule has 2 heterocycles. The molecule has 1 aliphatic rings. The molecular formula is C13H15N3O3. The lowest BCUT2D eigenvalue weighted by Gasteiger charge is -2.20. The van der Waals surface area contributed by atoms with Gasteiger partial charge in [0.05, 0.1) is 12.0 Å². The first kappa shape index (κ1) is 12.0. The molecule has 0 saturated carbocycles. The summed E-state index contributed by atoms with van der Waals surface area (Å²) >= 11 is 0. The van der Waals surface area contributed by atoms with Crippen LogP contribution in [0.1, 0.15) is 24.2 Å². The molecule has 0 bridgehead atoms. The minimum Gasteiger partial charge on any atom is -0.490 e. The lowest BCUT2D eigenvalue weighted by atomic mass is 10.00. The van der Waals surface area contributed by atoms with Crippen molar-refractivity contribution in [1.29, 1.82) is 0 Å². The van der Waals surface area contributed by atoms with Crippen LogP contribution in [0.4, 0.5) is 5.69 Å². The van der Waals surface area contributed by atoms with E-state index in [-0.39, 0.29) is 22.4 Å². The van der Waals surface area contributed by atoms with Crippen molar-refractivity contribution in [3.05, 3.63) is 33.5 Å². The van der Waals surface area contributed by atoms with E-state index >= 15 is 0 Å². The van der Waals surface area contributed by atoms with E-state index in [1.54, 1.807) is 6.07 Å². The molecule has 3 rings (SSSR count). The number of rotatable bonds is 2. The average Bonchev–Trinajstić information content (AvgIpc) is 2.77. The molecular weight excluding hydrogens is 246 g/mol. The Balaban J connectivity index is 2.35. The number of hydrogen-bond donors (Lipinski definition) is 2. The molecule has 0 aliphatic carbocycles. The van der Waals surface area contributed by atoms with E-state index in [1.165, 1.54) is 12.7 Å². The van der Waals surface area contributed by atoms with Gasteiger partial charge in [-0.25, -0.2) is 0 Å². The molecule has 0 saturated heterocycles. The standard InChI is InChI=1S/C13H15N3O3/c1-7-11-9(5-6-14-7)8-3-4-10(19-2)13(16(17)18)12(8)15-11/h3-4,7,14-15H,5-6H2,1-2H3. The van der Waals surface area contributed by atoms with Gasteiger partial charge in [-0.3, -0.25) is 10.1 Å². The Kier molecular flexibility index (Phi) is 2.67. The van der Waals surface area contributed by atoms with E-state index in [4.69, 9.17) is 4.74 Å². The van der Waals surface area contributed by atoms with Gasteiger partial charge in [-0.15, -0.1) is 0 Å².